The maximum atomic E-state index is 5.89. The van der Waals surface area contributed by atoms with Crippen molar-refractivity contribution in [2.24, 2.45) is 0 Å². The molecular formula is C8H7ClN4. The monoisotopic (exact) mass is 194 g/mol. The second-order valence-corrected chi connectivity index (χ2v) is 2.96. The van der Waals surface area contributed by atoms with Crippen LogP contribution in [-0.2, 0) is 0 Å². The lowest BCUT2D eigenvalue weighted by Gasteiger charge is -1.98. The first-order valence-electron chi connectivity index (χ1n) is 3.77. The highest BCUT2D eigenvalue weighted by Gasteiger charge is 2.07. The van der Waals surface area contributed by atoms with Crippen LogP contribution < -0.4 is 0 Å². The Labute approximate surface area is 80.0 Å². The van der Waals surface area contributed by atoms with E-state index in [4.69, 9.17) is 11.6 Å². The lowest BCUT2D eigenvalue weighted by atomic mass is 10.3. The number of hydrogen-bond acceptors (Lipinski definition) is 3. The minimum atomic E-state index is 0.382. The van der Waals surface area contributed by atoms with Crippen LogP contribution >= 0.6 is 11.6 Å². The maximum absolute atomic E-state index is 5.89. The fourth-order valence-electron chi connectivity index (χ4n) is 1.03. The number of aromatic nitrogens is 4. The summed E-state index contributed by atoms with van der Waals surface area (Å²) in [6.45, 7) is 1.75. The Hall–Kier alpha value is -1.42. The molecule has 2 rings (SSSR count). The van der Waals surface area contributed by atoms with Crippen molar-refractivity contribution in [3.05, 3.63) is 29.4 Å². The molecule has 0 aliphatic heterocycles. The molecule has 1 N–H and O–H groups in total. The van der Waals surface area contributed by atoms with Crippen LogP contribution in [0.25, 0.3) is 11.3 Å². The van der Waals surface area contributed by atoms with Crippen LogP contribution in [-0.4, -0.2) is 20.2 Å². The van der Waals surface area contributed by atoms with Crippen molar-refractivity contribution in [1.29, 1.82) is 0 Å². The van der Waals surface area contributed by atoms with Gasteiger partial charge in [0.05, 0.1) is 0 Å². The van der Waals surface area contributed by atoms with E-state index in [2.05, 4.69) is 20.2 Å². The van der Waals surface area contributed by atoms with Gasteiger partial charge in [-0.15, -0.1) is 10.2 Å². The van der Waals surface area contributed by atoms with Crippen LogP contribution in [0.5, 0.6) is 0 Å². The average Bonchev–Trinajstić information content (AvgIpc) is 2.56. The molecule has 0 bridgehead atoms. The fraction of sp³-hybridized carbons (Fsp3) is 0.125. The Bertz CT molecular complexity index is 410. The van der Waals surface area contributed by atoms with Gasteiger partial charge in [0.2, 0.25) is 0 Å². The smallest absolute Gasteiger partial charge is 0.159 e. The molecule has 2 heterocycles. The van der Waals surface area contributed by atoms with E-state index < -0.39 is 0 Å². The summed E-state index contributed by atoms with van der Waals surface area (Å²) in [6.07, 6.45) is 3.60. The molecule has 2 aromatic rings. The highest BCUT2D eigenvalue weighted by Crippen LogP contribution is 2.21. The summed E-state index contributed by atoms with van der Waals surface area (Å²) in [5.74, 6) is 0.573. The molecule has 0 saturated carbocycles. The Morgan fingerprint density at radius 3 is 2.85 bits per heavy atom. The normalized spacial score (nSPS) is 10.3. The summed E-state index contributed by atoms with van der Waals surface area (Å²) in [4.78, 5) is 6.92. The molecule has 66 valence electrons. The van der Waals surface area contributed by atoms with Gasteiger partial charge in [-0.25, -0.2) is 4.98 Å². The Morgan fingerprint density at radius 1 is 1.38 bits per heavy atom. The van der Waals surface area contributed by atoms with Crippen LogP contribution in [0.4, 0.5) is 0 Å². The molecule has 2 aromatic heterocycles. The summed E-state index contributed by atoms with van der Waals surface area (Å²) in [5, 5.41) is 8.17. The fourth-order valence-corrected chi connectivity index (χ4v) is 1.30. The number of aromatic amines is 1. The number of hydrogen-bond donors (Lipinski definition) is 1. The van der Waals surface area contributed by atoms with Crippen molar-refractivity contribution < 1.29 is 0 Å². The van der Waals surface area contributed by atoms with E-state index in [0.29, 0.717) is 16.7 Å². The average molecular weight is 195 g/mol. The first-order valence-corrected chi connectivity index (χ1v) is 4.15. The number of aryl methyl sites for hydroxylation is 1. The Balaban J connectivity index is 2.53. The standard InChI is InChI=1S/C8H7ClN4/c1-5-11-8(9)7(13-12-5)6-2-3-10-4-6/h2-4,10H,1H3. The molecule has 0 unspecified atom stereocenters. The van der Waals surface area contributed by atoms with Crippen molar-refractivity contribution >= 4 is 11.6 Å². The Morgan fingerprint density at radius 2 is 2.23 bits per heavy atom. The van der Waals surface area contributed by atoms with Crippen LogP contribution in [0.1, 0.15) is 5.82 Å². The van der Waals surface area contributed by atoms with Gasteiger partial charge < -0.3 is 4.98 Å². The molecule has 0 spiro atoms. The van der Waals surface area contributed by atoms with Crippen molar-refractivity contribution in [3.8, 4) is 11.3 Å². The topological polar surface area (TPSA) is 54.5 Å². The molecule has 0 aliphatic rings. The van der Waals surface area contributed by atoms with Gasteiger partial charge in [-0.1, -0.05) is 11.6 Å². The largest absolute Gasteiger partial charge is 0.367 e. The molecule has 13 heavy (non-hydrogen) atoms. The minimum absolute atomic E-state index is 0.382. The zero-order chi connectivity index (χ0) is 9.26. The molecule has 4 nitrogen and oxygen atoms in total. The van der Waals surface area contributed by atoms with Crippen LogP contribution in [0.2, 0.25) is 5.15 Å². The molecule has 0 atom stereocenters. The second kappa shape index (κ2) is 3.14. The minimum Gasteiger partial charge on any atom is -0.367 e. The van der Waals surface area contributed by atoms with Crippen molar-refractivity contribution in [2.45, 2.75) is 6.92 Å². The van der Waals surface area contributed by atoms with Gasteiger partial charge >= 0.3 is 0 Å². The molecule has 0 aliphatic carbocycles. The van der Waals surface area contributed by atoms with Crippen LogP contribution in [0.15, 0.2) is 18.5 Å². The lowest BCUT2D eigenvalue weighted by molar-refractivity contribution is 0.914. The predicted molar refractivity (Wildman–Crippen MR) is 49.4 cm³/mol. The number of halogens is 1. The van der Waals surface area contributed by atoms with Gasteiger partial charge in [0.25, 0.3) is 0 Å². The molecular weight excluding hydrogens is 188 g/mol. The SMILES string of the molecule is Cc1nnc(-c2cc[nH]c2)c(Cl)n1. The third-order valence-corrected chi connectivity index (χ3v) is 1.89. The van der Waals surface area contributed by atoms with E-state index in [-0.39, 0.29) is 0 Å². The molecule has 0 fully saturated rings. The first-order chi connectivity index (χ1) is 6.27. The highest BCUT2D eigenvalue weighted by molar-refractivity contribution is 6.31. The van der Waals surface area contributed by atoms with E-state index in [1.807, 2.05) is 6.07 Å². The van der Waals surface area contributed by atoms with E-state index in [1.165, 1.54) is 0 Å². The quantitative estimate of drug-likeness (QED) is 0.754. The third-order valence-electron chi connectivity index (χ3n) is 1.62. The van der Waals surface area contributed by atoms with Gasteiger partial charge in [-0.2, -0.15) is 0 Å². The van der Waals surface area contributed by atoms with Gasteiger partial charge in [-0.05, 0) is 13.0 Å². The first kappa shape index (κ1) is 8.19. The highest BCUT2D eigenvalue weighted by atomic mass is 35.5. The molecule has 0 radical (unpaired) electrons. The van der Waals surface area contributed by atoms with Crippen molar-refractivity contribution in [1.82, 2.24) is 20.2 Å². The van der Waals surface area contributed by atoms with E-state index in [9.17, 15) is 0 Å². The van der Waals surface area contributed by atoms with Gasteiger partial charge in [0.15, 0.2) is 5.15 Å². The van der Waals surface area contributed by atoms with Gasteiger partial charge in [0, 0.05) is 18.0 Å². The summed E-state index contributed by atoms with van der Waals surface area (Å²) in [7, 11) is 0. The second-order valence-electron chi connectivity index (χ2n) is 2.60. The number of rotatable bonds is 1. The zero-order valence-corrected chi connectivity index (χ0v) is 7.71. The molecule has 0 amide bonds. The maximum Gasteiger partial charge on any atom is 0.159 e. The van der Waals surface area contributed by atoms with Gasteiger partial charge in [0.1, 0.15) is 11.5 Å². The van der Waals surface area contributed by atoms with Crippen molar-refractivity contribution in [3.63, 3.8) is 0 Å². The zero-order valence-electron chi connectivity index (χ0n) is 6.95. The van der Waals surface area contributed by atoms with E-state index >= 15 is 0 Å². The Kier molecular flexibility index (Phi) is 1.98. The number of H-pyrrole nitrogens is 1. The van der Waals surface area contributed by atoms with Crippen molar-refractivity contribution in [2.75, 3.05) is 0 Å². The van der Waals surface area contributed by atoms with Gasteiger partial charge in [-0.3, -0.25) is 0 Å². The molecule has 0 saturated heterocycles. The summed E-state index contributed by atoms with van der Waals surface area (Å²) in [5.41, 5.74) is 1.50. The number of nitrogens with zero attached hydrogens (tertiary/aromatic N) is 3. The summed E-state index contributed by atoms with van der Waals surface area (Å²) >= 11 is 5.89. The third kappa shape index (κ3) is 1.53. The van der Waals surface area contributed by atoms with Crippen LogP contribution in [0, 0.1) is 6.92 Å². The summed E-state index contributed by atoms with van der Waals surface area (Å²) in [6, 6.07) is 1.87. The van der Waals surface area contributed by atoms with E-state index in [1.54, 1.807) is 19.3 Å². The predicted octanol–water partition coefficient (Wildman–Crippen LogP) is 1.83. The number of nitrogens with one attached hydrogen (secondary N) is 1. The lowest BCUT2D eigenvalue weighted by Crippen LogP contribution is -1.95. The van der Waals surface area contributed by atoms with Crippen LogP contribution in [0.3, 0.4) is 0 Å². The summed E-state index contributed by atoms with van der Waals surface area (Å²) < 4.78 is 0. The molecule has 0 aromatic carbocycles. The molecule has 5 heteroatoms. The van der Waals surface area contributed by atoms with E-state index in [0.717, 1.165) is 5.56 Å².